The molecule has 0 aromatic carbocycles. The third kappa shape index (κ3) is 3.04. The highest BCUT2D eigenvalue weighted by atomic mass is 16.5. The molecule has 0 aliphatic carbocycles. The standard InChI is InChI=1S/C11H19N3O/c1-11(3-9-15-10-4-11)12-6-8-14-7-2-5-13-14/h2,5,7,12H,3-4,6,8-10H2,1H3. The van der Waals surface area contributed by atoms with Crippen molar-refractivity contribution in [3.8, 4) is 0 Å². The number of hydrogen-bond donors (Lipinski definition) is 1. The second-order valence-electron chi connectivity index (χ2n) is 4.37. The molecule has 0 atom stereocenters. The van der Waals surface area contributed by atoms with Crippen LogP contribution in [0, 0.1) is 0 Å². The fraction of sp³-hybridized carbons (Fsp3) is 0.727. The maximum atomic E-state index is 5.36. The molecule has 1 aromatic rings. The van der Waals surface area contributed by atoms with Crippen molar-refractivity contribution in [2.45, 2.75) is 31.8 Å². The molecule has 1 aliphatic heterocycles. The first-order valence-corrected chi connectivity index (χ1v) is 5.59. The average Bonchev–Trinajstić information content (AvgIpc) is 2.71. The lowest BCUT2D eigenvalue weighted by Gasteiger charge is -2.34. The fourth-order valence-electron chi connectivity index (χ4n) is 1.90. The van der Waals surface area contributed by atoms with Crippen LogP contribution in [0.1, 0.15) is 19.8 Å². The molecular weight excluding hydrogens is 190 g/mol. The van der Waals surface area contributed by atoms with E-state index in [4.69, 9.17) is 4.74 Å². The molecule has 0 spiro atoms. The summed E-state index contributed by atoms with van der Waals surface area (Å²) in [4.78, 5) is 0. The molecule has 0 saturated carbocycles. The van der Waals surface area contributed by atoms with E-state index in [0.29, 0.717) is 0 Å². The van der Waals surface area contributed by atoms with Crippen molar-refractivity contribution < 1.29 is 4.74 Å². The second-order valence-corrected chi connectivity index (χ2v) is 4.37. The van der Waals surface area contributed by atoms with Crippen LogP contribution in [0.15, 0.2) is 18.5 Å². The molecule has 4 nitrogen and oxygen atoms in total. The van der Waals surface area contributed by atoms with Gasteiger partial charge in [-0.2, -0.15) is 5.10 Å². The van der Waals surface area contributed by atoms with Crippen molar-refractivity contribution in [1.82, 2.24) is 15.1 Å². The molecule has 1 fully saturated rings. The van der Waals surface area contributed by atoms with Crippen molar-refractivity contribution in [2.24, 2.45) is 0 Å². The molecule has 84 valence electrons. The lowest BCUT2D eigenvalue weighted by molar-refractivity contribution is 0.0450. The number of nitrogens with zero attached hydrogens (tertiary/aromatic N) is 2. The van der Waals surface area contributed by atoms with Gasteiger partial charge in [-0.05, 0) is 25.8 Å². The summed E-state index contributed by atoms with van der Waals surface area (Å²) in [7, 11) is 0. The Hall–Kier alpha value is -0.870. The largest absolute Gasteiger partial charge is 0.381 e. The van der Waals surface area contributed by atoms with Crippen molar-refractivity contribution in [1.29, 1.82) is 0 Å². The maximum absolute atomic E-state index is 5.36. The van der Waals surface area contributed by atoms with E-state index < -0.39 is 0 Å². The van der Waals surface area contributed by atoms with E-state index in [1.54, 1.807) is 0 Å². The van der Waals surface area contributed by atoms with Gasteiger partial charge in [-0.15, -0.1) is 0 Å². The van der Waals surface area contributed by atoms with Gasteiger partial charge in [-0.3, -0.25) is 4.68 Å². The van der Waals surface area contributed by atoms with Crippen molar-refractivity contribution >= 4 is 0 Å². The highest BCUT2D eigenvalue weighted by Gasteiger charge is 2.25. The van der Waals surface area contributed by atoms with E-state index in [9.17, 15) is 0 Å². The van der Waals surface area contributed by atoms with E-state index >= 15 is 0 Å². The van der Waals surface area contributed by atoms with Gasteiger partial charge in [0.15, 0.2) is 0 Å². The van der Waals surface area contributed by atoms with Crippen LogP contribution in [0.2, 0.25) is 0 Å². The minimum Gasteiger partial charge on any atom is -0.381 e. The van der Waals surface area contributed by atoms with Gasteiger partial charge >= 0.3 is 0 Å². The molecule has 1 saturated heterocycles. The zero-order valence-electron chi connectivity index (χ0n) is 9.28. The number of aromatic nitrogens is 2. The molecule has 4 heteroatoms. The Kier molecular flexibility index (Phi) is 3.38. The summed E-state index contributed by atoms with van der Waals surface area (Å²) in [6.45, 7) is 5.94. The van der Waals surface area contributed by atoms with Gasteiger partial charge in [0.2, 0.25) is 0 Å². The number of ether oxygens (including phenoxy) is 1. The molecule has 0 unspecified atom stereocenters. The number of nitrogens with one attached hydrogen (secondary N) is 1. The predicted octanol–water partition coefficient (Wildman–Crippen LogP) is 1.04. The molecule has 15 heavy (non-hydrogen) atoms. The monoisotopic (exact) mass is 209 g/mol. The smallest absolute Gasteiger partial charge is 0.0534 e. The molecule has 0 amide bonds. The highest BCUT2D eigenvalue weighted by molar-refractivity contribution is 4.85. The van der Waals surface area contributed by atoms with Crippen LogP contribution in [0.5, 0.6) is 0 Å². The van der Waals surface area contributed by atoms with Crippen LogP contribution in [0.3, 0.4) is 0 Å². The SMILES string of the molecule is CC1(NCCn2cccn2)CCOCC1. The molecule has 0 bridgehead atoms. The third-order valence-corrected chi connectivity index (χ3v) is 3.05. The van der Waals surface area contributed by atoms with Gasteiger partial charge in [-0.25, -0.2) is 0 Å². The van der Waals surface area contributed by atoms with Crippen molar-refractivity contribution in [2.75, 3.05) is 19.8 Å². The molecule has 1 N–H and O–H groups in total. The normalized spacial score (nSPS) is 20.3. The van der Waals surface area contributed by atoms with Crippen LogP contribution < -0.4 is 5.32 Å². The highest BCUT2D eigenvalue weighted by Crippen LogP contribution is 2.19. The van der Waals surface area contributed by atoms with Gasteiger partial charge in [0.05, 0.1) is 6.54 Å². The zero-order chi connectivity index (χ0) is 10.6. The lowest BCUT2D eigenvalue weighted by Crippen LogP contribution is -2.47. The van der Waals surface area contributed by atoms with E-state index in [2.05, 4.69) is 17.3 Å². The van der Waals surface area contributed by atoms with Crippen molar-refractivity contribution in [3.63, 3.8) is 0 Å². The first-order valence-electron chi connectivity index (χ1n) is 5.59. The Labute approximate surface area is 90.6 Å². The van der Waals surface area contributed by atoms with Gasteiger partial charge in [0.1, 0.15) is 0 Å². The van der Waals surface area contributed by atoms with E-state index in [-0.39, 0.29) is 5.54 Å². The molecule has 2 heterocycles. The minimum atomic E-state index is 0.255. The quantitative estimate of drug-likeness (QED) is 0.805. The van der Waals surface area contributed by atoms with Crippen molar-refractivity contribution in [3.05, 3.63) is 18.5 Å². The molecule has 1 aromatic heterocycles. The maximum Gasteiger partial charge on any atom is 0.0534 e. The van der Waals surface area contributed by atoms with Gasteiger partial charge < -0.3 is 10.1 Å². The van der Waals surface area contributed by atoms with Gasteiger partial charge in [0, 0.05) is 37.7 Å². The zero-order valence-corrected chi connectivity index (χ0v) is 9.28. The topological polar surface area (TPSA) is 39.1 Å². The number of hydrogen-bond acceptors (Lipinski definition) is 3. The summed E-state index contributed by atoms with van der Waals surface area (Å²) in [5, 5.41) is 7.77. The Morgan fingerprint density at radius 2 is 2.27 bits per heavy atom. The first-order chi connectivity index (χ1) is 7.29. The summed E-state index contributed by atoms with van der Waals surface area (Å²) < 4.78 is 7.31. The Morgan fingerprint density at radius 3 is 2.93 bits per heavy atom. The van der Waals surface area contributed by atoms with Crippen LogP contribution in [0.4, 0.5) is 0 Å². The summed E-state index contributed by atoms with van der Waals surface area (Å²) in [6, 6.07) is 1.95. The first kappa shape index (κ1) is 10.6. The Balaban J connectivity index is 1.72. The van der Waals surface area contributed by atoms with Gasteiger partial charge in [0.25, 0.3) is 0 Å². The molecular formula is C11H19N3O. The fourth-order valence-corrected chi connectivity index (χ4v) is 1.90. The van der Waals surface area contributed by atoms with E-state index in [0.717, 1.165) is 39.1 Å². The van der Waals surface area contributed by atoms with Crippen LogP contribution in [-0.2, 0) is 11.3 Å². The molecule has 2 rings (SSSR count). The second kappa shape index (κ2) is 4.77. The van der Waals surface area contributed by atoms with E-state index in [1.807, 2.05) is 23.1 Å². The Morgan fingerprint density at radius 1 is 1.47 bits per heavy atom. The predicted molar refractivity (Wildman–Crippen MR) is 58.7 cm³/mol. The van der Waals surface area contributed by atoms with Crippen LogP contribution in [-0.4, -0.2) is 35.1 Å². The summed E-state index contributed by atoms with van der Waals surface area (Å²) in [5.41, 5.74) is 0.255. The van der Waals surface area contributed by atoms with Gasteiger partial charge in [-0.1, -0.05) is 0 Å². The van der Waals surface area contributed by atoms with E-state index in [1.165, 1.54) is 0 Å². The average molecular weight is 209 g/mol. The minimum absolute atomic E-state index is 0.255. The summed E-state index contributed by atoms with van der Waals surface area (Å²) in [6.07, 6.45) is 6.02. The Bertz CT molecular complexity index is 278. The van der Waals surface area contributed by atoms with Crippen LogP contribution >= 0.6 is 0 Å². The summed E-state index contributed by atoms with van der Waals surface area (Å²) >= 11 is 0. The summed E-state index contributed by atoms with van der Waals surface area (Å²) in [5.74, 6) is 0. The number of rotatable bonds is 4. The molecule has 0 radical (unpaired) electrons. The molecule has 1 aliphatic rings. The third-order valence-electron chi connectivity index (χ3n) is 3.05. The van der Waals surface area contributed by atoms with Crippen LogP contribution in [0.25, 0.3) is 0 Å². The lowest BCUT2D eigenvalue weighted by atomic mass is 9.92.